The molecule has 1 N–H and O–H groups in total. The fourth-order valence-electron chi connectivity index (χ4n) is 5.86. The van der Waals surface area contributed by atoms with Crippen molar-refractivity contribution < 1.29 is 4.92 Å². The fourth-order valence-corrected chi connectivity index (χ4v) is 5.86. The standard InChI is InChI=1S/C19H20N4O2/c20-9-15-4-17(18(23(24)25)5-16(15)10-21)22-11-19-6-12-1-13(7-19)3-14(2-12)8-19/h4-5,12-14,22H,1-3,6-8,11H2. The molecule has 128 valence electrons. The maximum Gasteiger partial charge on any atom is 0.293 e. The topological polar surface area (TPSA) is 103 Å². The van der Waals surface area contributed by atoms with Crippen molar-refractivity contribution in [3.05, 3.63) is 33.4 Å². The predicted molar refractivity (Wildman–Crippen MR) is 91.6 cm³/mol. The van der Waals surface area contributed by atoms with Crippen LogP contribution in [0.4, 0.5) is 11.4 Å². The van der Waals surface area contributed by atoms with Crippen molar-refractivity contribution >= 4 is 11.4 Å². The molecule has 0 spiro atoms. The van der Waals surface area contributed by atoms with E-state index in [-0.39, 0.29) is 22.2 Å². The molecule has 0 amide bonds. The first-order chi connectivity index (χ1) is 12.0. The predicted octanol–water partition coefficient (Wildman–Crippen LogP) is 3.97. The maximum atomic E-state index is 11.4. The summed E-state index contributed by atoms with van der Waals surface area (Å²) in [5.41, 5.74) is 0.704. The summed E-state index contributed by atoms with van der Waals surface area (Å²) in [4.78, 5) is 10.9. The van der Waals surface area contributed by atoms with Gasteiger partial charge in [-0.3, -0.25) is 10.1 Å². The molecule has 0 atom stereocenters. The molecule has 4 fully saturated rings. The summed E-state index contributed by atoms with van der Waals surface area (Å²) in [7, 11) is 0. The molecule has 4 aliphatic carbocycles. The van der Waals surface area contributed by atoms with Crippen LogP contribution in [-0.4, -0.2) is 11.5 Å². The van der Waals surface area contributed by atoms with Gasteiger partial charge in [0.25, 0.3) is 5.69 Å². The largest absolute Gasteiger partial charge is 0.379 e. The third-order valence-electron chi connectivity index (χ3n) is 6.39. The van der Waals surface area contributed by atoms with E-state index in [0.717, 1.165) is 17.8 Å². The van der Waals surface area contributed by atoms with E-state index >= 15 is 0 Å². The summed E-state index contributed by atoms with van der Waals surface area (Å²) in [5, 5.41) is 33.0. The molecule has 25 heavy (non-hydrogen) atoms. The quantitative estimate of drug-likeness (QED) is 0.662. The Morgan fingerprint density at radius 1 is 1.08 bits per heavy atom. The van der Waals surface area contributed by atoms with Gasteiger partial charge in [0, 0.05) is 12.6 Å². The Balaban J connectivity index is 1.60. The van der Waals surface area contributed by atoms with Gasteiger partial charge in [0.15, 0.2) is 0 Å². The lowest BCUT2D eigenvalue weighted by Crippen LogP contribution is -2.49. The molecule has 0 aromatic heterocycles. The SMILES string of the molecule is N#Cc1cc(NCC23CC4CC(CC(C4)C2)C3)c([N+](=O)[O-])cc1C#N. The van der Waals surface area contributed by atoms with Gasteiger partial charge in [-0.25, -0.2) is 0 Å². The minimum atomic E-state index is -0.482. The van der Waals surface area contributed by atoms with Crippen LogP contribution in [0.3, 0.4) is 0 Å². The zero-order valence-corrected chi connectivity index (χ0v) is 14.0. The third-order valence-corrected chi connectivity index (χ3v) is 6.39. The van der Waals surface area contributed by atoms with Gasteiger partial charge in [-0.1, -0.05) is 0 Å². The number of nitro benzene ring substituents is 1. The highest BCUT2D eigenvalue weighted by Gasteiger charge is 2.50. The van der Waals surface area contributed by atoms with E-state index in [0.29, 0.717) is 12.2 Å². The molecule has 0 unspecified atom stereocenters. The minimum absolute atomic E-state index is 0.0505. The molecule has 0 aliphatic heterocycles. The van der Waals surface area contributed by atoms with Crippen LogP contribution in [0.5, 0.6) is 0 Å². The van der Waals surface area contributed by atoms with E-state index in [9.17, 15) is 15.4 Å². The summed E-state index contributed by atoms with van der Waals surface area (Å²) in [5.74, 6) is 2.45. The highest BCUT2D eigenvalue weighted by atomic mass is 16.6. The van der Waals surface area contributed by atoms with Crippen LogP contribution in [0.2, 0.25) is 0 Å². The Hall–Kier alpha value is -2.60. The zero-order chi connectivity index (χ0) is 17.6. The van der Waals surface area contributed by atoms with Crippen LogP contribution in [0.1, 0.15) is 49.7 Å². The van der Waals surface area contributed by atoms with E-state index < -0.39 is 4.92 Å². The summed E-state index contributed by atoms with van der Waals surface area (Å²) in [6.07, 6.45) is 7.70. The van der Waals surface area contributed by atoms with Crippen molar-refractivity contribution in [3.8, 4) is 12.1 Å². The Bertz CT molecular complexity index is 783. The van der Waals surface area contributed by atoms with E-state index in [1.807, 2.05) is 12.1 Å². The van der Waals surface area contributed by atoms with E-state index in [2.05, 4.69) is 5.32 Å². The normalized spacial score (nSPS) is 32.0. The average molecular weight is 336 g/mol. The van der Waals surface area contributed by atoms with Gasteiger partial charge in [-0.15, -0.1) is 0 Å². The van der Waals surface area contributed by atoms with Gasteiger partial charge < -0.3 is 5.32 Å². The van der Waals surface area contributed by atoms with Gasteiger partial charge in [0.1, 0.15) is 17.8 Å². The summed E-state index contributed by atoms with van der Waals surface area (Å²) in [6.45, 7) is 0.716. The van der Waals surface area contributed by atoms with Gasteiger partial charge in [0.2, 0.25) is 0 Å². The van der Waals surface area contributed by atoms with Gasteiger partial charge >= 0.3 is 0 Å². The molecule has 5 rings (SSSR count). The summed E-state index contributed by atoms with van der Waals surface area (Å²) >= 11 is 0. The lowest BCUT2D eigenvalue weighted by Gasteiger charge is -2.57. The molecule has 1 aromatic rings. The van der Waals surface area contributed by atoms with Crippen molar-refractivity contribution in [2.45, 2.75) is 38.5 Å². The van der Waals surface area contributed by atoms with Crippen molar-refractivity contribution in [3.63, 3.8) is 0 Å². The van der Waals surface area contributed by atoms with Crippen LogP contribution in [0, 0.1) is 55.9 Å². The first kappa shape index (κ1) is 15.9. The second-order valence-electron chi connectivity index (χ2n) is 8.17. The van der Waals surface area contributed by atoms with E-state index in [1.54, 1.807) is 0 Å². The van der Waals surface area contributed by atoms with E-state index in [1.165, 1.54) is 50.7 Å². The van der Waals surface area contributed by atoms with Crippen LogP contribution >= 0.6 is 0 Å². The Morgan fingerprint density at radius 2 is 1.60 bits per heavy atom. The second kappa shape index (κ2) is 5.74. The number of anilines is 1. The number of hydrogen-bond donors (Lipinski definition) is 1. The summed E-state index contributed by atoms with van der Waals surface area (Å²) < 4.78 is 0. The van der Waals surface area contributed by atoms with Gasteiger partial charge in [-0.05, 0) is 67.8 Å². The van der Waals surface area contributed by atoms with Crippen molar-refractivity contribution in [2.75, 3.05) is 11.9 Å². The molecule has 4 saturated carbocycles. The first-order valence-electron chi connectivity index (χ1n) is 8.88. The smallest absolute Gasteiger partial charge is 0.293 e. The van der Waals surface area contributed by atoms with Crippen LogP contribution in [-0.2, 0) is 0 Å². The number of nitrogens with zero attached hydrogens (tertiary/aromatic N) is 3. The number of nitro groups is 1. The van der Waals surface area contributed by atoms with Gasteiger partial charge in [0.05, 0.1) is 16.1 Å². The lowest BCUT2D eigenvalue weighted by molar-refractivity contribution is -0.384. The van der Waals surface area contributed by atoms with Crippen LogP contribution in [0.25, 0.3) is 0 Å². The molecular weight excluding hydrogens is 316 g/mol. The number of benzene rings is 1. The highest BCUT2D eigenvalue weighted by molar-refractivity contribution is 5.68. The lowest BCUT2D eigenvalue weighted by atomic mass is 9.49. The third kappa shape index (κ3) is 2.72. The maximum absolute atomic E-state index is 11.4. The number of rotatable bonds is 4. The Kier molecular flexibility index (Phi) is 3.65. The molecule has 4 aliphatic rings. The number of hydrogen-bond acceptors (Lipinski definition) is 5. The molecular formula is C19H20N4O2. The molecule has 4 bridgehead atoms. The molecule has 6 nitrogen and oxygen atoms in total. The Labute approximate surface area is 146 Å². The van der Waals surface area contributed by atoms with E-state index in [4.69, 9.17) is 5.26 Å². The van der Waals surface area contributed by atoms with Crippen LogP contribution in [0.15, 0.2) is 12.1 Å². The molecule has 1 aromatic carbocycles. The van der Waals surface area contributed by atoms with Crippen LogP contribution < -0.4 is 5.32 Å². The average Bonchev–Trinajstić information content (AvgIpc) is 2.57. The summed E-state index contributed by atoms with van der Waals surface area (Å²) in [6, 6.07) is 6.49. The first-order valence-corrected chi connectivity index (χ1v) is 8.88. The molecule has 0 radical (unpaired) electrons. The minimum Gasteiger partial charge on any atom is -0.379 e. The molecule has 0 saturated heterocycles. The highest BCUT2D eigenvalue weighted by Crippen LogP contribution is 2.60. The van der Waals surface area contributed by atoms with Crippen molar-refractivity contribution in [1.29, 1.82) is 10.5 Å². The van der Waals surface area contributed by atoms with Crippen molar-refractivity contribution in [1.82, 2.24) is 0 Å². The van der Waals surface area contributed by atoms with Gasteiger partial charge in [-0.2, -0.15) is 10.5 Å². The fraction of sp³-hybridized carbons (Fsp3) is 0.579. The number of nitrogens with one attached hydrogen (secondary N) is 1. The van der Waals surface area contributed by atoms with Crippen molar-refractivity contribution in [2.24, 2.45) is 23.2 Å². The second-order valence-corrected chi connectivity index (χ2v) is 8.17. The monoisotopic (exact) mass is 336 g/mol. The number of nitriles is 2. The zero-order valence-electron chi connectivity index (χ0n) is 14.0. The molecule has 6 heteroatoms. The Morgan fingerprint density at radius 3 is 2.08 bits per heavy atom. The molecule has 0 heterocycles.